The summed E-state index contributed by atoms with van der Waals surface area (Å²) in [6.45, 7) is 0. The zero-order valence-corrected chi connectivity index (χ0v) is 8.07. The Morgan fingerprint density at radius 2 is 1.82 bits per heavy atom. The Bertz CT molecular complexity index is 214. The van der Waals surface area contributed by atoms with E-state index >= 15 is 0 Å². The second kappa shape index (κ2) is 6.30. The quantitative estimate of drug-likeness (QED) is 0.392. The number of aromatic carboxylic acids is 1. The number of nitrogens with zero attached hydrogens (tertiary/aromatic N) is 1. The molecular formula is C6H6NNaO3. The molecule has 1 heterocycles. The Morgan fingerprint density at radius 1 is 1.36 bits per heavy atom. The number of aromatic nitrogens is 1. The Hall–Kier alpha value is -0.420. The number of hydrogen-bond donors (Lipinski definition) is 0. The fraction of sp³-hybridized carbons (Fsp3) is 0. The van der Waals surface area contributed by atoms with Gasteiger partial charge in [0.05, 0.1) is 5.97 Å². The molecule has 0 aliphatic heterocycles. The zero-order chi connectivity index (χ0) is 6.69. The minimum Gasteiger partial charge on any atom is -0.545 e. The van der Waals surface area contributed by atoms with Crippen molar-refractivity contribution < 1.29 is 44.9 Å². The van der Waals surface area contributed by atoms with E-state index in [1.54, 1.807) is 0 Å². The molecular weight excluding hydrogens is 157 g/mol. The molecule has 0 radical (unpaired) electrons. The summed E-state index contributed by atoms with van der Waals surface area (Å²) in [6, 6.07) is 2.77. The fourth-order valence-corrected chi connectivity index (χ4v) is 0.488. The molecule has 0 atom stereocenters. The van der Waals surface area contributed by atoms with Gasteiger partial charge in [0.15, 0.2) is 0 Å². The molecule has 1 rings (SSSR count). The van der Waals surface area contributed by atoms with Crippen molar-refractivity contribution in [2.75, 3.05) is 0 Å². The van der Waals surface area contributed by atoms with Crippen LogP contribution in [0.2, 0.25) is 0 Å². The van der Waals surface area contributed by atoms with Gasteiger partial charge in [0.1, 0.15) is 0 Å². The molecule has 0 aromatic carbocycles. The van der Waals surface area contributed by atoms with Gasteiger partial charge < -0.3 is 15.4 Å². The monoisotopic (exact) mass is 163 g/mol. The molecule has 0 aliphatic carbocycles. The van der Waals surface area contributed by atoms with Crippen molar-refractivity contribution >= 4 is 5.97 Å². The van der Waals surface area contributed by atoms with Crippen molar-refractivity contribution in [3.05, 3.63) is 30.1 Å². The average Bonchev–Trinajstić information content (AvgIpc) is 1.90. The largest absolute Gasteiger partial charge is 1.00 e. The van der Waals surface area contributed by atoms with Crippen LogP contribution in [0.4, 0.5) is 0 Å². The van der Waals surface area contributed by atoms with E-state index in [0.29, 0.717) is 0 Å². The minimum absolute atomic E-state index is 0. The van der Waals surface area contributed by atoms with Crippen molar-refractivity contribution in [2.24, 2.45) is 0 Å². The first-order valence-corrected chi connectivity index (χ1v) is 2.42. The zero-order valence-electron chi connectivity index (χ0n) is 6.07. The normalized spacial score (nSPS) is 7.27. The Labute approximate surface area is 85.9 Å². The first-order chi connectivity index (χ1) is 4.30. The Morgan fingerprint density at radius 3 is 2.09 bits per heavy atom. The molecule has 4 nitrogen and oxygen atoms in total. The van der Waals surface area contributed by atoms with Crippen molar-refractivity contribution in [3.63, 3.8) is 0 Å². The first-order valence-electron chi connectivity index (χ1n) is 2.42. The van der Waals surface area contributed by atoms with Crippen LogP contribution in [0.15, 0.2) is 24.5 Å². The summed E-state index contributed by atoms with van der Waals surface area (Å²) in [5, 5.41) is 10.1. The van der Waals surface area contributed by atoms with Crippen LogP contribution < -0.4 is 34.7 Å². The third kappa shape index (κ3) is 4.10. The van der Waals surface area contributed by atoms with Crippen LogP contribution in [-0.4, -0.2) is 16.4 Å². The smallest absolute Gasteiger partial charge is 0.545 e. The third-order valence-electron chi connectivity index (χ3n) is 0.916. The van der Waals surface area contributed by atoms with Crippen LogP contribution >= 0.6 is 0 Å². The fourth-order valence-electron chi connectivity index (χ4n) is 0.488. The molecule has 0 spiro atoms. The van der Waals surface area contributed by atoms with Crippen molar-refractivity contribution in [1.82, 2.24) is 4.98 Å². The molecule has 2 N–H and O–H groups in total. The summed E-state index contributed by atoms with van der Waals surface area (Å²) in [4.78, 5) is 13.7. The molecule has 0 saturated heterocycles. The first kappa shape index (κ1) is 13.2. The van der Waals surface area contributed by atoms with Crippen LogP contribution in [0.5, 0.6) is 0 Å². The molecule has 11 heavy (non-hydrogen) atoms. The molecule has 1 aromatic heterocycles. The van der Waals surface area contributed by atoms with Crippen molar-refractivity contribution in [3.8, 4) is 0 Å². The van der Waals surface area contributed by atoms with Gasteiger partial charge in [-0.15, -0.1) is 0 Å². The van der Waals surface area contributed by atoms with E-state index < -0.39 is 5.97 Å². The number of carbonyl (C=O) groups excluding carboxylic acids is 1. The number of rotatable bonds is 1. The molecule has 0 amide bonds. The molecule has 0 unspecified atom stereocenters. The second-order valence-electron chi connectivity index (χ2n) is 1.52. The maximum absolute atomic E-state index is 10.1. The number of hydrogen-bond acceptors (Lipinski definition) is 3. The maximum Gasteiger partial charge on any atom is 1.00 e. The van der Waals surface area contributed by atoms with Gasteiger partial charge in [0, 0.05) is 18.0 Å². The van der Waals surface area contributed by atoms with Crippen LogP contribution in [-0.2, 0) is 0 Å². The minimum atomic E-state index is -1.17. The van der Waals surface area contributed by atoms with E-state index in [0.717, 1.165) is 0 Å². The third-order valence-corrected chi connectivity index (χ3v) is 0.916. The van der Waals surface area contributed by atoms with Gasteiger partial charge in [-0.3, -0.25) is 4.98 Å². The van der Waals surface area contributed by atoms with Crippen LogP contribution in [0, 0.1) is 0 Å². The summed E-state index contributed by atoms with van der Waals surface area (Å²) in [5.41, 5.74) is 0.157. The molecule has 54 valence electrons. The standard InChI is InChI=1S/C6H5NO2.Na.H2O/c8-6(9)5-1-3-7-4-2-5;;/h1-4H,(H,8,9);;1H2/q;+1;/p-1. The van der Waals surface area contributed by atoms with E-state index in [2.05, 4.69) is 4.98 Å². The van der Waals surface area contributed by atoms with E-state index in [4.69, 9.17) is 0 Å². The van der Waals surface area contributed by atoms with Gasteiger partial charge in [0.25, 0.3) is 0 Å². The summed E-state index contributed by atoms with van der Waals surface area (Å²) >= 11 is 0. The summed E-state index contributed by atoms with van der Waals surface area (Å²) in [6.07, 6.45) is 2.82. The van der Waals surface area contributed by atoms with Gasteiger partial charge in [-0.05, 0) is 12.1 Å². The molecule has 0 aliphatic rings. The number of pyridine rings is 1. The average molecular weight is 163 g/mol. The summed E-state index contributed by atoms with van der Waals surface area (Å²) in [5.74, 6) is -1.17. The predicted molar refractivity (Wildman–Crippen MR) is 32.2 cm³/mol. The molecule has 0 bridgehead atoms. The molecule has 1 aromatic rings. The van der Waals surface area contributed by atoms with Gasteiger partial charge in [-0.1, -0.05) is 0 Å². The van der Waals surface area contributed by atoms with Crippen molar-refractivity contribution in [2.45, 2.75) is 0 Å². The SMILES string of the molecule is O.O=C([O-])c1ccncc1.[Na+]. The van der Waals surface area contributed by atoms with Crippen LogP contribution in [0.3, 0.4) is 0 Å². The van der Waals surface area contributed by atoms with Crippen LogP contribution in [0.25, 0.3) is 0 Å². The van der Waals surface area contributed by atoms with E-state index in [9.17, 15) is 9.90 Å². The number of carboxylic acids is 1. The Kier molecular flexibility index (Phi) is 7.55. The van der Waals surface area contributed by atoms with Gasteiger partial charge >= 0.3 is 29.6 Å². The van der Waals surface area contributed by atoms with Gasteiger partial charge in [0.2, 0.25) is 0 Å². The Balaban J connectivity index is 0. The van der Waals surface area contributed by atoms with E-state index in [-0.39, 0.29) is 40.6 Å². The second-order valence-corrected chi connectivity index (χ2v) is 1.52. The summed E-state index contributed by atoms with van der Waals surface area (Å²) in [7, 11) is 0. The molecule has 0 fully saturated rings. The topological polar surface area (TPSA) is 84.5 Å². The van der Waals surface area contributed by atoms with E-state index in [1.165, 1.54) is 24.5 Å². The van der Waals surface area contributed by atoms with Crippen LogP contribution in [0.1, 0.15) is 10.4 Å². The van der Waals surface area contributed by atoms with Gasteiger partial charge in [-0.25, -0.2) is 0 Å². The van der Waals surface area contributed by atoms with Gasteiger partial charge in [-0.2, -0.15) is 0 Å². The maximum atomic E-state index is 10.1. The van der Waals surface area contributed by atoms with Crippen molar-refractivity contribution in [1.29, 1.82) is 0 Å². The number of carboxylic acid groups (broad SMARTS) is 1. The molecule has 5 heteroatoms. The predicted octanol–water partition coefficient (Wildman–Crippen LogP) is -4.38. The number of carbonyl (C=O) groups is 1. The molecule has 0 saturated carbocycles. The summed E-state index contributed by atoms with van der Waals surface area (Å²) < 4.78 is 0. The van der Waals surface area contributed by atoms with E-state index in [1.807, 2.05) is 0 Å².